The highest BCUT2D eigenvalue weighted by Crippen LogP contribution is 2.35. The summed E-state index contributed by atoms with van der Waals surface area (Å²) in [5, 5.41) is 6.59. The van der Waals surface area contributed by atoms with Crippen molar-refractivity contribution in [3.8, 4) is 0 Å². The van der Waals surface area contributed by atoms with E-state index in [9.17, 15) is 18.0 Å². The molecule has 3 rings (SSSR count). The monoisotopic (exact) mass is 365 g/mol. The minimum Gasteiger partial charge on any atom is -0.348 e. The van der Waals surface area contributed by atoms with Gasteiger partial charge in [0.1, 0.15) is 6.54 Å². The largest absolute Gasteiger partial charge is 0.435 e. The van der Waals surface area contributed by atoms with E-state index in [-0.39, 0.29) is 24.1 Å². The number of nitrogens with one attached hydrogen (secondary N) is 1. The van der Waals surface area contributed by atoms with Crippen molar-refractivity contribution in [2.24, 2.45) is 0 Å². The number of aromatic nitrogens is 2. The second kappa shape index (κ2) is 7.51. The number of hydrogen-bond donors (Lipinski definition) is 1. The fourth-order valence-corrected chi connectivity index (χ4v) is 3.45. The quantitative estimate of drug-likeness (QED) is 0.831. The molecule has 0 radical (unpaired) electrons. The zero-order valence-electron chi connectivity index (χ0n) is 14.6. The maximum absolute atomic E-state index is 13.3. The third-order valence-corrected chi connectivity index (χ3v) is 4.75. The molecule has 0 aliphatic heterocycles. The molecule has 2 aromatic rings. The fraction of sp³-hybridized carbons (Fsp3) is 0.474. The molecule has 1 amide bonds. The van der Waals surface area contributed by atoms with E-state index in [1.54, 1.807) is 0 Å². The summed E-state index contributed by atoms with van der Waals surface area (Å²) < 4.78 is 41.2. The first kappa shape index (κ1) is 18.5. The minimum absolute atomic E-state index is 0.199. The molecule has 1 aromatic carbocycles. The first-order valence-electron chi connectivity index (χ1n) is 8.86. The smallest absolute Gasteiger partial charge is 0.348 e. The van der Waals surface area contributed by atoms with Gasteiger partial charge in [0.15, 0.2) is 5.69 Å². The third-order valence-electron chi connectivity index (χ3n) is 4.75. The second-order valence-electron chi connectivity index (χ2n) is 6.69. The molecule has 26 heavy (non-hydrogen) atoms. The van der Waals surface area contributed by atoms with E-state index in [1.165, 1.54) is 4.68 Å². The first-order chi connectivity index (χ1) is 12.4. The van der Waals surface area contributed by atoms with Crippen LogP contribution in [0, 0.1) is 0 Å². The molecule has 140 valence electrons. The van der Waals surface area contributed by atoms with Gasteiger partial charge < -0.3 is 5.32 Å². The Hall–Kier alpha value is -2.31. The summed E-state index contributed by atoms with van der Waals surface area (Å²) in [6.07, 6.45) is -1.17. The normalized spacial score (nSPS) is 15.8. The van der Waals surface area contributed by atoms with Crippen LogP contribution in [-0.2, 0) is 30.4 Å². The van der Waals surface area contributed by atoms with Gasteiger partial charge in [0.05, 0.1) is 6.04 Å². The highest BCUT2D eigenvalue weighted by molar-refractivity contribution is 5.76. The Morgan fingerprint density at radius 3 is 2.58 bits per heavy atom. The Morgan fingerprint density at radius 2 is 1.88 bits per heavy atom. The van der Waals surface area contributed by atoms with E-state index in [1.807, 2.05) is 37.3 Å². The molecule has 1 aromatic heterocycles. The number of alkyl halides is 3. The van der Waals surface area contributed by atoms with Gasteiger partial charge in [-0.05, 0) is 38.2 Å². The van der Waals surface area contributed by atoms with Crippen molar-refractivity contribution in [3.63, 3.8) is 0 Å². The number of nitrogens with zero attached hydrogens (tertiary/aromatic N) is 2. The number of carbonyl (C=O) groups excluding carboxylic acids is 1. The Bertz CT molecular complexity index is 768. The van der Waals surface area contributed by atoms with Crippen molar-refractivity contribution in [3.05, 3.63) is 52.8 Å². The van der Waals surface area contributed by atoms with Crippen molar-refractivity contribution in [1.29, 1.82) is 0 Å². The van der Waals surface area contributed by atoms with Gasteiger partial charge in [-0.2, -0.15) is 18.3 Å². The summed E-state index contributed by atoms with van der Waals surface area (Å²) in [6.45, 7) is 1.65. The van der Waals surface area contributed by atoms with E-state index in [4.69, 9.17) is 0 Å². The molecule has 1 atom stereocenters. The van der Waals surface area contributed by atoms with Gasteiger partial charge in [0.2, 0.25) is 5.91 Å². The average Bonchev–Trinajstić information content (AvgIpc) is 2.78. The fourth-order valence-electron chi connectivity index (χ4n) is 3.45. The molecule has 7 heteroatoms. The van der Waals surface area contributed by atoms with Crippen LogP contribution in [0.4, 0.5) is 13.2 Å². The molecule has 0 bridgehead atoms. The molecule has 1 aliphatic carbocycles. The van der Waals surface area contributed by atoms with Gasteiger partial charge in [-0.3, -0.25) is 9.48 Å². The number of halogens is 3. The third kappa shape index (κ3) is 4.08. The molecule has 4 nitrogen and oxygen atoms in total. The van der Waals surface area contributed by atoms with Gasteiger partial charge in [-0.15, -0.1) is 0 Å². The highest BCUT2D eigenvalue weighted by atomic mass is 19.4. The summed E-state index contributed by atoms with van der Waals surface area (Å²) in [5.41, 5.74) is 0.922. The van der Waals surface area contributed by atoms with E-state index in [0.717, 1.165) is 24.8 Å². The molecule has 0 fully saturated rings. The maximum Gasteiger partial charge on any atom is 0.435 e. The standard InChI is InChI=1S/C19H22F3N3O/c1-13(14-8-4-2-5-9-14)23-17(26)12-25-16-11-7-3-6-10-15(16)18(24-25)19(20,21)22/h2,4-5,8-9,13H,3,6-7,10-12H2,1H3,(H,23,26). The Kier molecular flexibility index (Phi) is 5.34. The lowest BCUT2D eigenvalue weighted by molar-refractivity contribution is -0.142. The summed E-state index contributed by atoms with van der Waals surface area (Å²) in [7, 11) is 0. The van der Waals surface area contributed by atoms with Crippen LogP contribution in [0.5, 0.6) is 0 Å². The van der Waals surface area contributed by atoms with Crippen molar-refractivity contribution >= 4 is 5.91 Å². The van der Waals surface area contributed by atoms with Crippen LogP contribution in [0.1, 0.15) is 54.7 Å². The summed E-state index contributed by atoms with van der Waals surface area (Å²) in [4.78, 5) is 12.4. The van der Waals surface area contributed by atoms with Crippen LogP contribution in [0.25, 0.3) is 0 Å². The zero-order valence-corrected chi connectivity index (χ0v) is 14.6. The lowest BCUT2D eigenvalue weighted by atomic mass is 10.1. The van der Waals surface area contributed by atoms with E-state index in [2.05, 4.69) is 10.4 Å². The van der Waals surface area contributed by atoms with Crippen molar-refractivity contribution in [2.75, 3.05) is 0 Å². The Balaban J connectivity index is 1.79. The van der Waals surface area contributed by atoms with Gasteiger partial charge in [-0.1, -0.05) is 36.8 Å². The zero-order chi connectivity index (χ0) is 18.7. The van der Waals surface area contributed by atoms with Crippen LogP contribution >= 0.6 is 0 Å². The molecule has 1 heterocycles. The minimum atomic E-state index is -4.49. The molecule has 1 N–H and O–H groups in total. The van der Waals surface area contributed by atoms with Gasteiger partial charge >= 0.3 is 6.18 Å². The lowest BCUT2D eigenvalue weighted by Crippen LogP contribution is -2.31. The van der Waals surface area contributed by atoms with Crippen LogP contribution in [0.2, 0.25) is 0 Å². The Morgan fingerprint density at radius 1 is 1.19 bits per heavy atom. The Labute approximate surface area is 150 Å². The van der Waals surface area contributed by atoms with Gasteiger partial charge in [0, 0.05) is 11.3 Å². The van der Waals surface area contributed by atoms with Crippen LogP contribution in [0.3, 0.4) is 0 Å². The summed E-state index contributed by atoms with van der Waals surface area (Å²) >= 11 is 0. The molecule has 0 spiro atoms. The molecule has 0 saturated carbocycles. The predicted octanol–water partition coefficient (Wildman–Crippen LogP) is 4.05. The second-order valence-corrected chi connectivity index (χ2v) is 6.69. The number of hydrogen-bond acceptors (Lipinski definition) is 2. The van der Waals surface area contributed by atoms with Crippen molar-refractivity contribution in [2.45, 2.75) is 57.8 Å². The first-order valence-corrected chi connectivity index (χ1v) is 8.86. The maximum atomic E-state index is 13.3. The van der Waals surface area contributed by atoms with Gasteiger partial charge in [-0.25, -0.2) is 0 Å². The molecule has 0 saturated heterocycles. The average molecular weight is 365 g/mol. The van der Waals surface area contributed by atoms with Crippen molar-refractivity contribution in [1.82, 2.24) is 15.1 Å². The summed E-state index contributed by atoms with van der Waals surface area (Å²) in [6, 6.07) is 9.21. The van der Waals surface area contributed by atoms with Crippen LogP contribution < -0.4 is 5.32 Å². The van der Waals surface area contributed by atoms with Gasteiger partial charge in [0.25, 0.3) is 0 Å². The number of benzene rings is 1. The molecule has 1 aliphatic rings. The topological polar surface area (TPSA) is 46.9 Å². The molecular weight excluding hydrogens is 343 g/mol. The van der Waals surface area contributed by atoms with Crippen LogP contribution in [-0.4, -0.2) is 15.7 Å². The molecule has 1 unspecified atom stereocenters. The number of fused-ring (bicyclic) bond motifs is 1. The van der Waals surface area contributed by atoms with E-state index in [0.29, 0.717) is 18.5 Å². The summed E-state index contributed by atoms with van der Waals surface area (Å²) in [5.74, 6) is -0.343. The SMILES string of the molecule is CC(NC(=O)Cn1nc(C(F)(F)F)c2c1CCCCC2)c1ccccc1. The number of amides is 1. The predicted molar refractivity (Wildman–Crippen MR) is 91.5 cm³/mol. The van der Waals surface area contributed by atoms with Crippen molar-refractivity contribution < 1.29 is 18.0 Å². The number of rotatable bonds is 4. The number of carbonyl (C=O) groups is 1. The van der Waals surface area contributed by atoms with E-state index < -0.39 is 11.9 Å². The lowest BCUT2D eigenvalue weighted by Gasteiger charge is -2.15. The highest BCUT2D eigenvalue weighted by Gasteiger charge is 2.39. The molecular formula is C19H22F3N3O. The van der Waals surface area contributed by atoms with E-state index >= 15 is 0 Å². The van der Waals surface area contributed by atoms with Crippen LogP contribution in [0.15, 0.2) is 30.3 Å².